The molecule has 3 rings (SSSR count). The Morgan fingerprint density at radius 1 is 1.26 bits per heavy atom. The maximum Gasteiger partial charge on any atom is 0.255 e. The molecule has 0 aromatic carbocycles. The maximum atomic E-state index is 12.2. The van der Waals surface area contributed by atoms with Gasteiger partial charge in [0.25, 0.3) is 5.91 Å². The van der Waals surface area contributed by atoms with Crippen LogP contribution in [0.4, 0.5) is 0 Å². The molecule has 118 valence electrons. The molecule has 0 saturated carbocycles. The highest BCUT2D eigenvalue weighted by molar-refractivity contribution is 6.04. The fraction of sp³-hybridized carbons (Fsp3) is 0.250. The van der Waals surface area contributed by atoms with Crippen molar-refractivity contribution in [2.24, 2.45) is 0 Å². The summed E-state index contributed by atoms with van der Waals surface area (Å²) >= 11 is 0. The van der Waals surface area contributed by atoms with Gasteiger partial charge in [0.1, 0.15) is 5.52 Å². The van der Waals surface area contributed by atoms with E-state index in [0.29, 0.717) is 22.6 Å². The lowest BCUT2D eigenvalue weighted by molar-refractivity contribution is 0.0944. The van der Waals surface area contributed by atoms with Crippen molar-refractivity contribution >= 4 is 17.1 Å². The highest BCUT2D eigenvalue weighted by atomic mass is 16.5. The van der Waals surface area contributed by atoms with Crippen LogP contribution in [0.3, 0.4) is 0 Å². The van der Waals surface area contributed by atoms with Gasteiger partial charge in [0.2, 0.25) is 11.8 Å². The molecule has 23 heavy (non-hydrogen) atoms. The van der Waals surface area contributed by atoms with E-state index in [0.717, 1.165) is 5.69 Å². The normalized spacial score (nSPS) is 11.0. The standard InChI is InChI=1S/C16H17N5O2/c1-9(2)19-16(22)11-7-17-15-14(11)21-13(8-18-15)23-12-6-4-5-10(3)20-12/h4-9H,1-3H3,(H,17,18)(H,19,22). The first-order chi connectivity index (χ1) is 11.0. The number of nitrogens with zero attached hydrogens (tertiary/aromatic N) is 3. The van der Waals surface area contributed by atoms with Gasteiger partial charge in [0.05, 0.1) is 11.8 Å². The van der Waals surface area contributed by atoms with E-state index in [1.54, 1.807) is 12.3 Å². The number of carbonyl (C=O) groups is 1. The highest BCUT2D eigenvalue weighted by Crippen LogP contribution is 2.21. The van der Waals surface area contributed by atoms with Gasteiger partial charge >= 0.3 is 0 Å². The molecule has 0 unspecified atom stereocenters. The molecule has 1 amide bonds. The van der Waals surface area contributed by atoms with Gasteiger partial charge in [-0.25, -0.2) is 15.0 Å². The van der Waals surface area contributed by atoms with Crippen LogP contribution in [0.25, 0.3) is 11.2 Å². The van der Waals surface area contributed by atoms with Gasteiger partial charge in [0.15, 0.2) is 5.65 Å². The summed E-state index contributed by atoms with van der Waals surface area (Å²) in [7, 11) is 0. The first-order valence-corrected chi connectivity index (χ1v) is 7.29. The topological polar surface area (TPSA) is 92.8 Å². The number of aromatic nitrogens is 4. The summed E-state index contributed by atoms with van der Waals surface area (Å²) in [4.78, 5) is 28.0. The van der Waals surface area contributed by atoms with E-state index in [1.807, 2.05) is 32.9 Å². The molecule has 0 spiro atoms. The molecule has 0 radical (unpaired) electrons. The molecule has 7 heteroatoms. The average Bonchev–Trinajstić information content (AvgIpc) is 2.89. The second kappa shape index (κ2) is 6.04. The molecular weight excluding hydrogens is 294 g/mol. The minimum atomic E-state index is -0.202. The third-order valence-electron chi connectivity index (χ3n) is 3.10. The number of carbonyl (C=O) groups excluding carboxylic acids is 1. The zero-order chi connectivity index (χ0) is 16.4. The summed E-state index contributed by atoms with van der Waals surface area (Å²) in [6.07, 6.45) is 3.09. The van der Waals surface area contributed by atoms with Gasteiger partial charge < -0.3 is 15.0 Å². The summed E-state index contributed by atoms with van der Waals surface area (Å²) in [5.74, 6) is 0.516. The Balaban J connectivity index is 1.93. The van der Waals surface area contributed by atoms with E-state index < -0.39 is 0 Å². The predicted octanol–water partition coefficient (Wildman–Crippen LogP) is 2.59. The minimum absolute atomic E-state index is 0.0383. The molecule has 0 fully saturated rings. The molecule has 0 saturated heterocycles. The van der Waals surface area contributed by atoms with Crippen molar-refractivity contribution in [1.82, 2.24) is 25.3 Å². The summed E-state index contributed by atoms with van der Waals surface area (Å²) in [6, 6.07) is 5.50. The number of H-pyrrole nitrogens is 1. The van der Waals surface area contributed by atoms with Crippen molar-refractivity contribution in [2.45, 2.75) is 26.8 Å². The van der Waals surface area contributed by atoms with Crippen LogP contribution >= 0.6 is 0 Å². The Labute approximate surface area is 133 Å². The summed E-state index contributed by atoms with van der Waals surface area (Å²) in [5, 5.41) is 2.83. The largest absolute Gasteiger partial charge is 0.419 e. The van der Waals surface area contributed by atoms with E-state index in [2.05, 4.69) is 25.3 Å². The lowest BCUT2D eigenvalue weighted by atomic mass is 10.2. The molecule has 2 N–H and O–H groups in total. The van der Waals surface area contributed by atoms with Crippen LogP contribution in [0.2, 0.25) is 0 Å². The predicted molar refractivity (Wildman–Crippen MR) is 85.5 cm³/mol. The fourth-order valence-electron chi connectivity index (χ4n) is 2.12. The molecule has 7 nitrogen and oxygen atoms in total. The van der Waals surface area contributed by atoms with Crippen molar-refractivity contribution in [3.05, 3.63) is 41.9 Å². The number of nitrogens with one attached hydrogen (secondary N) is 2. The summed E-state index contributed by atoms with van der Waals surface area (Å²) < 4.78 is 5.62. The van der Waals surface area contributed by atoms with E-state index in [4.69, 9.17) is 4.74 Å². The number of hydrogen-bond acceptors (Lipinski definition) is 5. The summed E-state index contributed by atoms with van der Waals surface area (Å²) in [6.45, 7) is 5.68. The van der Waals surface area contributed by atoms with E-state index in [9.17, 15) is 4.79 Å². The Hall–Kier alpha value is -2.96. The Bertz CT molecular complexity index is 857. The van der Waals surface area contributed by atoms with Gasteiger partial charge in [-0.05, 0) is 26.8 Å². The van der Waals surface area contributed by atoms with Gasteiger partial charge in [0, 0.05) is 24.0 Å². The van der Waals surface area contributed by atoms with Crippen molar-refractivity contribution < 1.29 is 9.53 Å². The van der Waals surface area contributed by atoms with E-state index in [1.165, 1.54) is 6.20 Å². The third kappa shape index (κ3) is 3.28. The molecule has 0 aliphatic rings. The molecule has 0 bridgehead atoms. The van der Waals surface area contributed by atoms with Gasteiger partial charge in [-0.1, -0.05) is 6.07 Å². The number of pyridine rings is 1. The van der Waals surface area contributed by atoms with Crippen LogP contribution in [-0.2, 0) is 0 Å². The van der Waals surface area contributed by atoms with Crippen LogP contribution in [-0.4, -0.2) is 31.9 Å². The van der Waals surface area contributed by atoms with Crippen LogP contribution in [0, 0.1) is 6.92 Å². The number of hydrogen-bond donors (Lipinski definition) is 2. The number of amides is 1. The van der Waals surface area contributed by atoms with Crippen molar-refractivity contribution in [1.29, 1.82) is 0 Å². The van der Waals surface area contributed by atoms with E-state index in [-0.39, 0.29) is 17.8 Å². The Kier molecular flexibility index (Phi) is 3.92. The molecule has 0 aliphatic heterocycles. The first-order valence-electron chi connectivity index (χ1n) is 7.29. The number of aromatic amines is 1. The molecule has 0 aliphatic carbocycles. The molecule has 3 aromatic rings. The lowest BCUT2D eigenvalue weighted by Crippen LogP contribution is -2.29. The number of ether oxygens (including phenoxy) is 1. The van der Waals surface area contributed by atoms with Gasteiger partial charge in [-0.15, -0.1) is 0 Å². The molecule has 3 aromatic heterocycles. The second-order valence-electron chi connectivity index (χ2n) is 5.46. The minimum Gasteiger partial charge on any atom is -0.419 e. The smallest absolute Gasteiger partial charge is 0.255 e. The zero-order valence-electron chi connectivity index (χ0n) is 13.1. The van der Waals surface area contributed by atoms with Crippen molar-refractivity contribution in [3.8, 4) is 11.8 Å². The number of aryl methyl sites for hydroxylation is 1. The van der Waals surface area contributed by atoms with Crippen LogP contribution < -0.4 is 10.1 Å². The highest BCUT2D eigenvalue weighted by Gasteiger charge is 2.16. The molecule has 3 heterocycles. The van der Waals surface area contributed by atoms with Crippen LogP contribution in [0.5, 0.6) is 11.8 Å². The zero-order valence-corrected chi connectivity index (χ0v) is 13.1. The lowest BCUT2D eigenvalue weighted by Gasteiger charge is -2.07. The molecule has 0 atom stereocenters. The number of fused-ring (bicyclic) bond motifs is 1. The molecular formula is C16H17N5O2. The average molecular weight is 311 g/mol. The monoisotopic (exact) mass is 311 g/mol. The van der Waals surface area contributed by atoms with Gasteiger partial charge in [-0.2, -0.15) is 0 Å². The van der Waals surface area contributed by atoms with E-state index >= 15 is 0 Å². The van der Waals surface area contributed by atoms with Crippen LogP contribution in [0.1, 0.15) is 29.9 Å². The Morgan fingerprint density at radius 2 is 2.09 bits per heavy atom. The number of rotatable bonds is 4. The first kappa shape index (κ1) is 15.0. The quantitative estimate of drug-likeness (QED) is 0.772. The Morgan fingerprint density at radius 3 is 2.83 bits per heavy atom. The van der Waals surface area contributed by atoms with Crippen LogP contribution in [0.15, 0.2) is 30.6 Å². The SMILES string of the molecule is Cc1cccc(Oc2cnc3[nH]cc(C(=O)NC(C)C)c3n2)n1. The summed E-state index contributed by atoms with van der Waals surface area (Å²) in [5.41, 5.74) is 2.27. The third-order valence-corrected chi connectivity index (χ3v) is 3.10. The van der Waals surface area contributed by atoms with Crippen molar-refractivity contribution in [3.63, 3.8) is 0 Å². The fourth-order valence-corrected chi connectivity index (χ4v) is 2.12. The van der Waals surface area contributed by atoms with Gasteiger partial charge in [-0.3, -0.25) is 4.79 Å². The second-order valence-corrected chi connectivity index (χ2v) is 5.46. The van der Waals surface area contributed by atoms with Crippen molar-refractivity contribution in [2.75, 3.05) is 0 Å². The maximum absolute atomic E-state index is 12.2.